The highest BCUT2D eigenvalue weighted by molar-refractivity contribution is 5.91. The Morgan fingerprint density at radius 2 is 2.16 bits per heavy atom. The minimum atomic E-state index is -0.534. The molecule has 1 aromatic carbocycles. The Morgan fingerprint density at radius 3 is 2.72 bits per heavy atom. The first-order chi connectivity index (χ1) is 11.8. The number of rotatable bonds is 7. The van der Waals surface area contributed by atoms with E-state index in [9.17, 15) is 14.3 Å². The van der Waals surface area contributed by atoms with Crippen LogP contribution in [0.15, 0.2) is 24.3 Å². The van der Waals surface area contributed by atoms with Gasteiger partial charge >= 0.3 is 0 Å². The maximum absolute atomic E-state index is 13.5. The van der Waals surface area contributed by atoms with Gasteiger partial charge in [-0.05, 0) is 38.0 Å². The number of benzene rings is 1. The summed E-state index contributed by atoms with van der Waals surface area (Å²) in [5.74, 6) is -0.168. The summed E-state index contributed by atoms with van der Waals surface area (Å²) >= 11 is 0. The molecule has 0 aliphatic carbocycles. The van der Waals surface area contributed by atoms with Crippen LogP contribution in [0.1, 0.15) is 62.9 Å². The van der Waals surface area contributed by atoms with E-state index in [-0.39, 0.29) is 24.2 Å². The summed E-state index contributed by atoms with van der Waals surface area (Å²) in [7, 11) is 0. The van der Waals surface area contributed by atoms with Crippen molar-refractivity contribution in [1.82, 2.24) is 20.1 Å². The molecule has 1 amide bonds. The fraction of sp³-hybridized carbons (Fsp3) is 0.500. The molecule has 0 saturated heterocycles. The van der Waals surface area contributed by atoms with Crippen molar-refractivity contribution in [2.24, 2.45) is 0 Å². The highest BCUT2D eigenvalue weighted by Crippen LogP contribution is 2.19. The van der Waals surface area contributed by atoms with Gasteiger partial charge in [0, 0.05) is 18.1 Å². The standard InChI is InChI=1S/C18H25FN4O2/c1-5-18(4,9-10-24)21-17(25)15-20-16(12(2)3)23(22-15)14-8-6-7-13(19)11-14/h6-8,11-12,24H,5,9-10H2,1-4H3,(H,21,25). The van der Waals surface area contributed by atoms with Crippen molar-refractivity contribution in [2.45, 2.75) is 52.0 Å². The molecule has 1 aromatic heterocycles. The van der Waals surface area contributed by atoms with E-state index in [4.69, 9.17) is 0 Å². The maximum atomic E-state index is 13.5. The zero-order chi connectivity index (χ0) is 18.6. The lowest BCUT2D eigenvalue weighted by Crippen LogP contribution is -2.46. The summed E-state index contributed by atoms with van der Waals surface area (Å²) in [6, 6.07) is 6.01. The van der Waals surface area contributed by atoms with Crippen LogP contribution in [-0.4, -0.2) is 37.9 Å². The van der Waals surface area contributed by atoms with E-state index < -0.39 is 11.4 Å². The number of aliphatic hydroxyl groups excluding tert-OH is 1. The number of aromatic nitrogens is 3. The molecule has 2 rings (SSSR count). The SMILES string of the molecule is CCC(C)(CCO)NC(=O)c1nc(C(C)C)n(-c2cccc(F)c2)n1. The highest BCUT2D eigenvalue weighted by Gasteiger charge is 2.27. The summed E-state index contributed by atoms with van der Waals surface area (Å²) in [5.41, 5.74) is -0.0161. The van der Waals surface area contributed by atoms with Gasteiger partial charge in [0.1, 0.15) is 11.6 Å². The Labute approximate surface area is 147 Å². The number of hydrogen-bond acceptors (Lipinski definition) is 4. The van der Waals surface area contributed by atoms with Crippen LogP contribution >= 0.6 is 0 Å². The van der Waals surface area contributed by atoms with Gasteiger partial charge in [-0.3, -0.25) is 4.79 Å². The van der Waals surface area contributed by atoms with Crippen LogP contribution in [0, 0.1) is 5.82 Å². The Bertz CT molecular complexity index is 744. The van der Waals surface area contributed by atoms with Crippen molar-refractivity contribution >= 4 is 5.91 Å². The van der Waals surface area contributed by atoms with E-state index in [1.54, 1.807) is 12.1 Å². The Balaban J connectivity index is 2.37. The maximum Gasteiger partial charge on any atom is 0.291 e. The van der Waals surface area contributed by atoms with Crippen LogP contribution in [-0.2, 0) is 0 Å². The van der Waals surface area contributed by atoms with Crippen LogP contribution in [0.2, 0.25) is 0 Å². The first-order valence-corrected chi connectivity index (χ1v) is 8.46. The van der Waals surface area contributed by atoms with Crippen LogP contribution in [0.4, 0.5) is 4.39 Å². The highest BCUT2D eigenvalue weighted by atomic mass is 19.1. The molecule has 136 valence electrons. The van der Waals surface area contributed by atoms with Crippen LogP contribution < -0.4 is 5.32 Å². The van der Waals surface area contributed by atoms with Crippen molar-refractivity contribution in [3.63, 3.8) is 0 Å². The molecule has 6 nitrogen and oxygen atoms in total. The molecular formula is C18H25FN4O2. The first kappa shape index (κ1) is 19.1. The fourth-order valence-corrected chi connectivity index (χ4v) is 2.50. The lowest BCUT2D eigenvalue weighted by atomic mass is 9.95. The van der Waals surface area contributed by atoms with Gasteiger partial charge in [0.2, 0.25) is 5.82 Å². The third-order valence-corrected chi connectivity index (χ3v) is 4.26. The van der Waals surface area contributed by atoms with Crippen LogP contribution in [0.3, 0.4) is 0 Å². The van der Waals surface area contributed by atoms with E-state index >= 15 is 0 Å². The monoisotopic (exact) mass is 348 g/mol. The normalized spacial score (nSPS) is 13.7. The molecule has 2 N–H and O–H groups in total. The number of nitrogens with one attached hydrogen (secondary N) is 1. The van der Waals surface area contributed by atoms with E-state index in [0.717, 1.165) is 0 Å². The molecular weight excluding hydrogens is 323 g/mol. The Kier molecular flexibility index (Phi) is 5.89. The third kappa shape index (κ3) is 4.42. The molecule has 25 heavy (non-hydrogen) atoms. The second-order valence-corrected chi connectivity index (χ2v) is 6.68. The molecule has 7 heteroatoms. The van der Waals surface area contributed by atoms with Gasteiger partial charge in [0.15, 0.2) is 0 Å². The van der Waals surface area contributed by atoms with Crippen LogP contribution in [0.5, 0.6) is 0 Å². The zero-order valence-electron chi connectivity index (χ0n) is 15.1. The summed E-state index contributed by atoms with van der Waals surface area (Å²) in [6.45, 7) is 7.65. The number of carbonyl (C=O) groups excluding carboxylic acids is 1. The molecule has 1 atom stereocenters. The number of aliphatic hydroxyl groups is 1. The summed E-state index contributed by atoms with van der Waals surface area (Å²) in [5, 5.41) is 16.4. The van der Waals surface area contributed by atoms with Gasteiger partial charge in [0.25, 0.3) is 5.91 Å². The summed E-state index contributed by atoms with van der Waals surface area (Å²) in [4.78, 5) is 16.9. The number of hydrogen-bond donors (Lipinski definition) is 2. The topological polar surface area (TPSA) is 80.0 Å². The average Bonchev–Trinajstić information content (AvgIpc) is 3.01. The van der Waals surface area contributed by atoms with Crippen molar-refractivity contribution < 1.29 is 14.3 Å². The third-order valence-electron chi connectivity index (χ3n) is 4.26. The second-order valence-electron chi connectivity index (χ2n) is 6.68. The first-order valence-electron chi connectivity index (χ1n) is 8.46. The molecule has 0 fully saturated rings. The molecule has 1 unspecified atom stereocenters. The fourth-order valence-electron chi connectivity index (χ4n) is 2.50. The Morgan fingerprint density at radius 1 is 1.44 bits per heavy atom. The van der Waals surface area contributed by atoms with E-state index in [1.165, 1.54) is 16.8 Å². The van der Waals surface area contributed by atoms with Gasteiger partial charge in [-0.25, -0.2) is 14.1 Å². The van der Waals surface area contributed by atoms with Gasteiger partial charge < -0.3 is 10.4 Å². The van der Waals surface area contributed by atoms with Crippen LogP contribution in [0.25, 0.3) is 5.69 Å². The lowest BCUT2D eigenvalue weighted by molar-refractivity contribution is 0.0875. The second kappa shape index (κ2) is 7.74. The Hall–Kier alpha value is -2.28. The molecule has 0 saturated carbocycles. The summed E-state index contributed by atoms with van der Waals surface area (Å²) in [6.07, 6.45) is 1.11. The van der Waals surface area contributed by atoms with Gasteiger partial charge in [0.05, 0.1) is 5.69 Å². The molecule has 0 bridgehead atoms. The number of carbonyl (C=O) groups is 1. The lowest BCUT2D eigenvalue weighted by Gasteiger charge is -2.28. The zero-order valence-corrected chi connectivity index (χ0v) is 15.1. The minimum absolute atomic E-state index is 0.00678. The predicted octanol–water partition coefficient (Wildman–Crippen LogP) is 2.81. The van der Waals surface area contributed by atoms with Crippen molar-refractivity contribution in [1.29, 1.82) is 0 Å². The number of halogens is 1. The molecule has 0 spiro atoms. The average molecular weight is 348 g/mol. The summed E-state index contributed by atoms with van der Waals surface area (Å²) < 4.78 is 15.0. The quantitative estimate of drug-likeness (QED) is 0.806. The number of amides is 1. The van der Waals surface area contributed by atoms with Crippen molar-refractivity contribution in [2.75, 3.05) is 6.61 Å². The van der Waals surface area contributed by atoms with Gasteiger partial charge in [-0.1, -0.05) is 26.8 Å². The molecule has 1 heterocycles. The largest absolute Gasteiger partial charge is 0.396 e. The van der Waals surface area contributed by atoms with Gasteiger partial charge in [-0.2, -0.15) is 0 Å². The van der Waals surface area contributed by atoms with E-state index in [0.29, 0.717) is 24.4 Å². The molecule has 0 aliphatic heterocycles. The molecule has 0 radical (unpaired) electrons. The van der Waals surface area contributed by atoms with Gasteiger partial charge in [-0.15, -0.1) is 5.10 Å². The van der Waals surface area contributed by atoms with E-state index in [1.807, 2.05) is 27.7 Å². The van der Waals surface area contributed by atoms with Crippen molar-refractivity contribution in [3.05, 3.63) is 41.7 Å². The molecule has 2 aromatic rings. The van der Waals surface area contributed by atoms with Crippen molar-refractivity contribution in [3.8, 4) is 5.69 Å². The number of nitrogens with zero attached hydrogens (tertiary/aromatic N) is 3. The van der Waals surface area contributed by atoms with E-state index in [2.05, 4.69) is 15.4 Å². The minimum Gasteiger partial charge on any atom is -0.396 e. The predicted molar refractivity (Wildman–Crippen MR) is 93.3 cm³/mol. The molecule has 0 aliphatic rings. The smallest absolute Gasteiger partial charge is 0.291 e.